The lowest BCUT2D eigenvalue weighted by atomic mass is 10.1. The fraction of sp³-hybridized carbons (Fsp3) is 0.375. The Bertz CT molecular complexity index is 640. The van der Waals surface area contributed by atoms with Crippen molar-refractivity contribution < 1.29 is 9.90 Å². The van der Waals surface area contributed by atoms with Crippen LogP contribution in [-0.2, 0) is 0 Å². The molecule has 1 aromatic carbocycles. The van der Waals surface area contributed by atoms with Gasteiger partial charge in [-0.05, 0) is 27.0 Å². The van der Waals surface area contributed by atoms with Gasteiger partial charge in [-0.1, -0.05) is 18.2 Å². The van der Waals surface area contributed by atoms with Gasteiger partial charge in [0.2, 0.25) is 0 Å². The fourth-order valence-electron chi connectivity index (χ4n) is 2.11. The molecular formula is C16H21N3O2. The third-order valence-electron chi connectivity index (χ3n) is 3.65. The van der Waals surface area contributed by atoms with Crippen LogP contribution in [0.5, 0.6) is 0 Å². The van der Waals surface area contributed by atoms with Crippen molar-refractivity contribution in [3.8, 4) is 0 Å². The van der Waals surface area contributed by atoms with Crippen LogP contribution >= 0.6 is 0 Å². The largest absolute Gasteiger partial charge is 0.478 e. The van der Waals surface area contributed by atoms with Crippen LogP contribution in [0, 0.1) is 0 Å². The van der Waals surface area contributed by atoms with E-state index in [1.165, 1.54) is 6.20 Å². The molecule has 0 atom stereocenters. The Morgan fingerprint density at radius 2 is 2.10 bits per heavy atom. The summed E-state index contributed by atoms with van der Waals surface area (Å²) in [4.78, 5) is 17.8. The van der Waals surface area contributed by atoms with Crippen molar-refractivity contribution >= 4 is 22.6 Å². The van der Waals surface area contributed by atoms with Crippen molar-refractivity contribution in [2.75, 3.05) is 25.5 Å². The van der Waals surface area contributed by atoms with Crippen molar-refractivity contribution in [3.63, 3.8) is 0 Å². The highest BCUT2D eigenvalue weighted by Gasteiger charge is 2.14. The van der Waals surface area contributed by atoms with Gasteiger partial charge in [0.05, 0.1) is 11.2 Å². The number of hydrogen-bond acceptors (Lipinski definition) is 4. The highest BCUT2D eigenvalue weighted by molar-refractivity contribution is 6.04. The number of likely N-dealkylation sites (N-methyl/N-ethyl adjacent to an activating group) is 1. The lowest BCUT2D eigenvalue weighted by Crippen LogP contribution is -2.31. The molecule has 0 saturated heterocycles. The van der Waals surface area contributed by atoms with Gasteiger partial charge in [0.1, 0.15) is 5.56 Å². The van der Waals surface area contributed by atoms with Gasteiger partial charge < -0.3 is 15.3 Å². The Labute approximate surface area is 124 Å². The lowest BCUT2D eigenvalue weighted by Gasteiger charge is -2.22. The first-order valence-electron chi connectivity index (χ1n) is 7.06. The number of aromatic nitrogens is 1. The van der Waals surface area contributed by atoms with E-state index in [0.717, 1.165) is 17.4 Å². The summed E-state index contributed by atoms with van der Waals surface area (Å²) in [6.45, 7) is 5.78. The maximum Gasteiger partial charge on any atom is 0.339 e. The summed E-state index contributed by atoms with van der Waals surface area (Å²) in [7, 11) is 2.05. The Kier molecular flexibility index (Phi) is 4.75. The zero-order valence-corrected chi connectivity index (χ0v) is 12.6. The molecule has 2 N–H and O–H groups in total. The average molecular weight is 287 g/mol. The second kappa shape index (κ2) is 6.54. The van der Waals surface area contributed by atoms with E-state index in [1.54, 1.807) is 0 Å². The first-order valence-corrected chi connectivity index (χ1v) is 7.06. The van der Waals surface area contributed by atoms with Crippen LogP contribution in [0.4, 0.5) is 5.69 Å². The number of fused-ring (bicyclic) bond motifs is 1. The van der Waals surface area contributed by atoms with Crippen molar-refractivity contribution in [3.05, 3.63) is 36.0 Å². The number of carbonyl (C=O) groups is 1. The van der Waals surface area contributed by atoms with Crippen LogP contribution in [0.3, 0.4) is 0 Å². The maximum absolute atomic E-state index is 11.4. The maximum atomic E-state index is 11.4. The molecule has 2 aromatic rings. The molecule has 0 spiro atoms. The van der Waals surface area contributed by atoms with E-state index in [-0.39, 0.29) is 5.56 Å². The van der Waals surface area contributed by atoms with Crippen LogP contribution in [0.15, 0.2) is 30.5 Å². The molecule has 0 aliphatic rings. The fourth-order valence-corrected chi connectivity index (χ4v) is 2.11. The smallest absolute Gasteiger partial charge is 0.339 e. The Morgan fingerprint density at radius 1 is 1.38 bits per heavy atom. The van der Waals surface area contributed by atoms with Gasteiger partial charge in [-0.3, -0.25) is 4.98 Å². The Morgan fingerprint density at radius 3 is 2.76 bits per heavy atom. The first-order chi connectivity index (χ1) is 10.0. The number of aromatic carboxylic acids is 1. The number of carboxylic acid groups (broad SMARTS) is 1. The molecular weight excluding hydrogens is 266 g/mol. The Hall–Kier alpha value is -2.14. The molecule has 0 aliphatic carbocycles. The summed E-state index contributed by atoms with van der Waals surface area (Å²) in [6.07, 6.45) is 1.42. The van der Waals surface area contributed by atoms with Crippen LogP contribution < -0.4 is 5.32 Å². The van der Waals surface area contributed by atoms with Crippen molar-refractivity contribution in [1.29, 1.82) is 0 Å². The number of nitrogens with one attached hydrogen (secondary N) is 1. The third-order valence-corrected chi connectivity index (χ3v) is 3.65. The number of nitrogens with zero attached hydrogens (tertiary/aromatic N) is 2. The molecule has 0 amide bonds. The number of benzene rings is 1. The van der Waals surface area contributed by atoms with Gasteiger partial charge in [-0.2, -0.15) is 0 Å². The van der Waals surface area contributed by atoms with E-state index in [1.807, 2.05) is 24.3 Å². The second-order valence-corrected chi connectivity index (χ2v) is 5.37. The summed E-state index contributed by atoms with van der Waals surface area (Å²) in [5.41, 5.74) is 1.65. The predicted molar refractivity (Wildman–Crippen MR) is 85.0 cm³/mol. The summed E-state index contributed by atoms with van der Waals surface area (Å²) >= 11 is 0. The zero-order valence-electron chi connectivity index (χ0n) is 12.6. The van der Waals surface area contributed by atoms with Crippen molar-refractivity contribution in [2.45, 2.75) is 19.9 Å². The molecule has 5 heteroatoms. The minimum Gasteiger partial charge on any atom is -0.478 e. The van der Waals surface area contributed by atoms with Crippen LogP contribution in [0.2, 0.25) is 0 Å². The average Bonchev–Trinajstić information content (AvgIpc) is 2.46. The van der Waals surface area contributed by atoms with E-state index < -0.39 is 5.97 Å². The van der Waals surface area contributed by atoms with E-state index in [0.29, 0.717) is 18.3 Å². The van der Waals surface area contributed by atoms with E-state index >= 15 is 0 Å². The third kappa shape index (κ3) is 3.49. The van der Waals surface area contributed by atoms with E-state index in [4.69, 9.17) is 0 Å². The molecule has 0 unspecified atom stereocenters. The zero-order chi connectivity index (χ0) is 15.4. The van der Waals surface area contributed by atoms with Crippen LogP contribution in [0.1, 0.15) is 24.2 Å². The van der Waals surface area contributed by atoms with Crippen molar-refractivity contribution in [1.82, 2.24) is 9.88 Å². The molecule has 1 heterocycles. The van der Waals surface area contributed by atoms with Crippen LogP contribution in [-0.4, -0.2) is 47.1 Å². The van der Waals surface area contributed by atoms with E-state index in [9.17, 15) is 9.90 Å². The number of hydrogen-bond donors (Lipinski definition) is 2. The van der Waals surface area contributed by atoms with Crippen LogP contribution in [0.25, 0.3) is 10.9 Å². The van der Waals surface area contributed by atoms with Crippen molar-refractivity contribution in [2.24, 2.45) is 0 Å². The first kappa shape index (κ1) is 15.3. The molecule has 5 nitrogen and oxygen atoms in total. The normalized spacial score (nSPS) is 11.3. The number of pyridine rings is 1. The SMILES string of the molecule is CC(C)N(C)CCNc1c(C(=O)O)cnc2ccccc12. The lowest BCUT2D eigenvalue weighted by molar-refractivity contribution is 0.0697. The number of rotatable bonds is 6. The number of para-hydroxylation sites is 1. The molecule has 1 aromatic heterocycles. The van der Waals surface area contributed by atoms with Gasteiger partial charge in [-0.25, -0.2) is 4.79 Å². The molecule has 0 fully saturated rings. The molecule has 21 heavy (non-hydrogen) atoms. The summed E-state index contributed by atoms with van der Waals surface area (Å²) in [5.74, 6) is -0.965. The highest BCUT2D eigenvalue weighted by Crippen LogP contribution is 2.25. The molecule has 112 valence electrons. The molecule has 0 bridgehead atoms. The second-order valence-electron chi connectivity index (χ2n) is 5.37. The predicted octanol–water partition coefficient (Wildman–Crippen LogP) is 2.69. The summed E-state index contributed by atoms with van der Waals surface area (Å²) in [5, 5.41) is 13.4. The Balaban J connectivity index is 2.27. The minimum absolute atomic E-state index is 0.209. The van der Waals surface area contributed by atoms with Gasteiger partial charge >= 0.3 is 5.97 Å². The minimum atomic E-state index is -0.965. The van der Waals surface area contributed by atoms with Gasteiger partial charge in [-0.15, -0.1) is 0 Å². The highest BCUT2D eigenvalue weighted by atomic mass is 16.4. The quantitative estimate of drug-likeness (QED) is 0.855. The van der Waals surface area contributed by atoms with E-state index in [2.05, 4.69) is 36.1 Å². The van der Waals surface area contributed by atoms with Gasteiger partial charge in [0.25, 0.3) is 0 Å². The summed E-state index contributed by atoms with van der Waals surface area (Å²) < 4.78 is 0. The molecule has 0 radical (unpaired) electrons. The van der Waals surface area contributed by atoms with Gasteiger partial charge in [0.15, 0.2) is 0 Å². The number of carboxylic acids is 1. The monoisotopic (exact) mass is 287 g/mol. The topological polar surface area (TPSA) is 65.5 Å². The summed E-state index contributed by atoms with van der Waals surface area (Å²) in [6, 6.07) is 8.02. The molecule has 0 aliphatic heterocycles. The molecule has 2 rings (SSSR count). The molecule has 0 saturated carbocycles. The van der Waals surface area contributed by atoms with Gasteiger partial charge in [0, 0.05) is 30.7 Å². The number of anilines is 1. The standard InChI is InChI=1S/C16H21N3O2/c1-11(2)19(3)9-8-17-15-12-6-4-5-7-14(12)18-10-13(15)16(20)21/h4-7,10-11H,8-9H2,1-3H3,(H,17,18)(H,20,21).